The Morgan fingerprint density at radius 3 is 2.47 bits per heavy atom. The first-order valence-corrected chi connectivity index (χ1v) is 12.7. The molecule has 0 fully saturated rings. The number of fused-ring (bicyclic) bond motifs is 1. The number of aryl methyl sites for hydroxylation is 1. The molecule has 2 N–H and O–H groups in total. The summed E-state index contributed by atoms with van der Waals surface area (Å²) in [6.45, 7) is 3.13. The number of rotatable bonds is 10. The van der Waals surface area contributed by atoms with Crippen LogP contribution in [0.3, 0.4) is 0 Å². The van der Waals surface area contributed by atoms with Gasteiger partial charge in [-0.2, -0.15) is 0 Å². The van der Waals surface area contributed by atoms with Gasteiger partial charge in [0.05, 0.1) is 23.5 Å². The lowest BCUT2D eigenvalue weighted by Crippen LogP contribution is -2.06. The van der Waals surface area contributed by atoms with Gasteiger partial charge in [0.25, 0.3) is 0 Å². The third-order valence-electron chi connectivity index (χ3n) is 5.81. The number of ether oxygens (including phenoxy) is 2. The second-order valence-electron chi connectivity index (χ2n) is 8.33. The molecule has 0 radical (unpaired) electrons. The van der Waals surface area contributed by atoms with Crippen LogP contribution in [0.25, 0.3) is 32.7 Å². The summed E-state index contributed by atoms with van der Waals surface area (Å²) in [5.74, 6) is 1.41. The SMILES string of the molecule is CCCc1c(OCCCOc2ccc(-c3sc(=O)[nH]c3O)cc2)ccc2c(-c3ccccc3)noc12. The van der Waals surface area contributed by atoms with Gasteiger partial charge in [0.2, 0.25) is 5.88 Å². The molecule has 0 unspecified atom stereocenters. The molecule has 3 aromatic carbocycles. The van der Waals surface area contributed by atoms with Crippen LogP contribution in [0, 0.1) is 0 Å². The first-order valence-electron chi connectivity index (χ1n) is 11.9. The molecule has 0 aliphatic heterocycles. The molecule has 5 aromatic rings. The second-order valence-corrected chi connectivity index (χ2v) is 9.32. The van der Waals surface area contributed by atoms with Crippen molar-refractivity contribution in [3.05, 3.63) is 82.0 Å². The molecule has 0 aliphatic rings. The van der Waals surface area contributed by atoms with Gasteiger partial charge in [0.15, 0.2) is 5.58 Å². The van der Waals surface area contributed by atoms with Gasteiger partial charge >= 0.3 is 4.87 Å². The van der Waals surface area contributed by atoms with E-state index in [9.17, 15) is 9.90 Å². The molecule has 7 nitrogen and oxygen atoms in total. The van der Waals surface area contributed by atoms with Crippen LogP contribution in [0.4, 0.5) is 0 Å². The lowest BCUT2D eigenvalue weighted by Gasteiger charge is -2.12. The maximum absolute atomic E-state index is 11.4. The Morgan fingerprint density at radius 1 is 0.972 bits per heavy atom. The first kappa shape index (κ1) is 23.7. The summed E-state index contributed by atoms with van der Waals surface area (Å²) in [6.07, 6.45) is 2.51. The monoisotopic (exact) mass is 502 g/mol. The number of aromatic amines is 1. The minimum atomic E-state index is -0.288. The molecule has 0 saturated carbocycles. The summed E-state index contributed by atoms with van der Waals surface area (Å²) < 4.78 is 17.7. The number of hydrogen-bond donors (Lipinski definition) is 2. The van der Waals surface area contributed by atoms with E-state index in [-0.39, 0.29) is 10.8 Å². The number of hydrogen-bond acceptors (Lipinski definition) is 7. The van der Waals surface area contributed by atoms with E-state index in [0.29, 0.717) is 30.3 Å². The van der Waals surface area contributed by atoms with Crippen LogP contribution in [-0.2, 0) is 6.42 Å². The van der Waals surface area contributed by atoms with Crippen molar-refractivity contribution in [1.29, 1.82) is 0 Å². The fourth-order valence-electron chi connectivity index (χ4n) is 4.12. The van der Waals surface area contributed by atoms with Crippen molar-refractivity contribution >= 4 is 22.3 Å². The quantitative estimate of drug-likeness (QED) is 0.214. The Bertz CT molecular complexity index is 1500. The number of aromatic hydroxyl groups is 1. The summed E-state index contributed by atoms with van der Waals surface area (Å²) >= 11 is 0.972. The Morgan fingerprint density at radius 2 is 1.75 bits per heavy atom. The van der Waals surface area contributed by atoms with Crippen molar-refractivity contribution < 1.29 is 19.1 Å². The fourth-order valence-corrected chi connectivity index (χ4v) is 4.85. The summed E-state index contributed by atoms with van der Waals surface area (Å²) in [4.78, 5) is 14.0. The standard InChI is InChI=1S/C28H26N2O5S/c1-2-7-21-23(15-14-22-24(30-35-25(21)22)18-8-4-3-5-9-18)34-17-6-16-33-20-12-10-19(11-13-20)26-27(31)29-28(32)36-26/h3-5,8-15,31H,2,6-7,16-17H2,1H3,(H,29,32). The predicted molar refractivity (Wildman–Crippen MR) is 141 cm³/mol. The number of aromatic nitrogens is 2. The van der Waals surface area contributed by atoms with Crippen LogP contribution >= 0.6 is 11.3 Å². The molecule has 0 atom stereocenters. The highest BCUT2D eigenvalue weighted by Crippen LogP contribution is 2.35. The topological polar surface area (TPSA) is 97.6 Å². The van der Waals surface area contributed by atoms with E-state index in [1.807, 2.05) is 66.7 Å². The smallest absolute Gasteiger partial charge is 0.307 e. The van der Waals surface area contributed by atoms with Crippen LogP contribution in [0.1, 0.15) is 25.3 Å². The van der Waals surface area contributed by atoms with Crippen molar-refractivity contribution in [2.45, 2.75) is 26.2 Å². The highest BCUT2D eigenvalue weighted by Gasteiger charge is 2.17. The van der Waals surface area contributed by atoms with Gasteiger partial charge in [0, 0.05) is 17.5 Å². The minimum Gasteiger partial charge on any atom is -0.493 e. The lowest BCUT2D eigenvalue weighted by molar-refractivity contribution is 0.246. The third-order valence-corrected chi connectivity index (χ3v) is 6.73. The molecular weight excluding hydrogens is 476 g/mol. The molecule has 184 valence electrons. The van der Waals surface area contributed by atoms with Gasteiger partial charge < -0.3 is 19.1 Å². The van der Waals surface area contributed by atoms with E-state index in [4.69, 9.17) is 14.0 Å². The van der Waals surface area contributed by atoms with E-state index < -0.39 is 0 Å². The molecular formula is C28H26N2O5S. The van der Waals surface area contributed by atoms with Crippen LogP contribution in [0.15, 0.2) is 76.0 Å². The van der Waals surface area contributed by atoms with Gasteiger partial charge in [-0.05, 0) is 48.4 Å². The highest BCUT2D eigenvalue weighted by molar-refractivity contribution is 7.13. The Kier molecular flexibility index (Phi) is 7.04. The van der Waals surface area contributed by atoms with E-state index in [2.05, 4.69) is 17.1 Å². The maximum atomic E-state index is 11.4. The van der Waals surface area contributed by atoms with E-state index in [0.717, 1.165) is 63.3 Å². The predicted octanol–water partition coefficient (Wildman–Crippen LogP) is 6.42. The molecule has 2 aromatic heterocycles. The van der Waals surface area contributed by atoms with Gasteiger partial charge in [0.1, 0.15) is 17.2 Å². The zero-order chi connectivity index (χ0) is 24.9. The van der Waals surface area contributed by atoms with Gasteiger partial charge in [-0.3, -0.25) is 9.78 Å². The molecule has 0 aliphatic carbocycles. The third kappa shape index (κ3) is 4.99. The average molecular weight is 503 g/mol. The normalized spacial score (nSPS) is 11.1. The zero-order valence-electron chi connectivity index (χ0n) is 19.8. The molecule has 0 amide bonds. The van der Waals surface area contributed by atoms with Crippen LogP contribution in [0.5, 0.6) is 17.4 Å². The van der Waals surface area contributed by atoms with Crippen molar-refractivity contribution in [2.75, 3.05) is 13.2 Å². The summed E-state index contributed by atoms with van der Waals surface area (Å²) in [5.41, 5.74) is 4.45. The van der Waals surface area contributed by atoms with Crippen LogP contribution in [0.2, 0.25) is 0 Å². The Hall–Kier alpha value is -4.04. The Balaban J connectivity index is 1.20. The largest absolute Gasteiger partial charge is 0.493 e. The second kappa shape index (κ2) is 10.7. The number of nitrogens with zero attached hydrogens (tertiary/aromatic N) is 1. The summed E-state index contributed by atoms with van der Waals surface area (Å²) in [5, 5.41) is 15.1. The summed E-state index contributed by atoms with van der Waals surface area (Å²) in [6, 6.07) is 21.3. The van der Waals surface area contributed by atoms with E-state index in [1.165, 1.54) is 0 Å². The Labute approximate surface area is 211 Å². The van der Waals surface area contributed by atoms with E-state index >= 15 is 0 Å². The van der Waals surface area contributed by atoms with Crippen LogP contribution in [-0.4, -0.2) is 28.5 Å². The van der Waals surface area contributed by atoms with Crippen LogP contribution < -0.4 is 14.3 Å². The van der Waals surface area contributed by atoms with E-state index in [1.54, 1.807) is 0 Å². The minimum absolute atomic E-state index is 0.113. The van der Waals surface area contributed by atoms with Crippen molar-refractivity contribution in [3.8, 4) is 39.1 Å². The van der Waals surface area contributed by atoms with Gasteiger partial charge in [-0.15, -0.1) is 0 Å². The van der Waals surface area contributed by atoms with Crippen molar-refractivity contribution in [3.63, 3.8) is 0 Å². The number of nitrogens with one attached hydrogen (secondary N) is 1. The fraction of sp³-hybridized carbons (Fsp3) is 0.214. The first-order chi connectivity index (χ1) is 17.6. The molecule has 2 heterocycles. The molecule has 0 bridgehead atoms. The molecule has 36 heavy (non-hydrogen) atoms. The van der Waals surface area contributed by atoms with Gasteiger partial charge in [-0.1, -0.05) is 60.2 Å². The maximum Gasteiger partial charge on any atom is 0.307 e. The summed E-state index contributed by atoms with van der Waals surface area (Å²) in [7, 11) is 0. The lowest BCUT2D eigenvalue weighted by atomic mass is 10.0. The van der Waals surface area contributed by atoms with Crippen molar-refractivity contribution in [2.24, 2.45) is 0 Å². The molecule has 5 rings (SSSR count). The average Bonchev–Trinajstić information content (AvgIpc) is 3.48. The molecule has 8 heteroatoms. The van der Waals surface area contributed by atoms with Crippen molar-refractivity contribution in [1.82, 2.24) is 10.1 Å². The highest BCUT2D eigenvalue weighted by atomic mass is 32.1. The number of H-pyrrole nitrogens is 1. The number of benzene rings is 3. The molecule has 0 saturated heterocycles. The number of thiazole rings is 1. The zero-order valence-corrected chi connectivity index (χ0v) is 20.6. The molecule has 0 spiro atoms. The van der Waals surface area contributed by atoms with Gasteiger partial charge in [-0.25, -0.2) is 0 Å².